The Kier molecular flexibility index (Phi) is 4.28. The molecule has 1 aliphatic rings. The fraction of sp³-hybridized carbons (Fsp3) is 0.400. The van der Waals surface area contributed by atoms with Crippen LogP contribution in [0.2, 0.25) is 0 Å². The second-order valence-electron chi connectivity index (χ2n) is 5.52. The number of hydrogen-bond donors (Lipinski definition) is 1. The van der Waals surface area contributed by atoms with Crippen molar-refractivity contribution in [1.82, 2.24) is 9.88 Å². The molecule has 0 radical (unpaired) electrons. The van der Waals surface area contributed by atoms with Crippen molar-refractivity contribution in [2.45, 2.75) is 25.2 Å². The van der Waals surface area contributed by atoms with E-state index < -0.39 is 22.0 Å². The highest BCUT2D eigenvalue weighted by molar-refractivity contribution is 7.91. The molecule has 118 valence electrons. The average Bonchev–Trinajstić information content (AvgIpc) is 3.06. The zero-order valence-electron chi connectivity index (χ0n) is 12.0. The third-order valence-electron chi connectivity index (χ3n) is 3.79. The molecule has 0 unspecified atom stereocenters. The summed E-state index contributed by atoms with van der Waals surface area (Å²) in [6, 6.07) is 8.77. The molecule has 1 aliphatic heterocycles. The van der Waals surface area contributed by atoms with E-state index in [0.29, 0.717) is 13.1 Å². The van der Waals surface area contributed by atoms with E-state index >= 15 is 0 Å². The van der Waals surface area contributed by atoms with Crippen LogP contribution in [-0.4, -0.2) is 47.1 Å². The van der Waals surface area contributed by atoms with Gasteiger partial charge in [0.2, 0.25) is 0 Å². The van der Waals surface area contributed by atoms with Crippen LogP contribution in [0.15, 0.2) is 47.2 Å². The fourth-order valence-electron chi connectivity index (χ4n) is 2.75. The average molecular weight is 322 g/mol. The molecule has 1 N–H and O–H groups in total. The quantitative estimate of drug-likeness (QED) is 0.878. The molecule has 3 heterocycles. The summed E-state index contributed by atoms with van der Waals surface area (Å²) in [6.07, 6.45) is 2.39. The summed E-state index contributed by atoms with van der Waals surface area (Å²) in [5, 5.41) is 10.1. The first-order valence-corrected chi connectivity index (χ1v) is 8.90. The van der Waals surface area contributed by atoms with E-state index in [2.05, 4.69) is 4.98 Å². The van der Waals surface area contributed by atoms with Crippen LogP contribution < -0.4 is 0 Å². The van der Waals surface area contributed by atoms with Gasteiger partial charge in [0.15, 0.2) is 9.84 Å². The summed E-state index contributed by atoms with van der Waals surface area (Å²) in [5.41, 5.74) is 0.825. The molecule has 0 aromatic carbocycles. The van der Waals surface area contributed by atoms with E-state index in [1.807, 2.05) is 29.2 Å². The Balaban J connectivity index is 1.82. The Labute approximate surface area is 129 Å². The van der Waals surface area contributed by atoms with Gasteiger partial charge in [0.25, 0.3) is 0 Å². The first-order valence-electron chi connectivity index (χ1n) is 7.08. The van der Waals surface area contributed by atoms with Crippen molar-refractivity contribution in [3.05, 3.63) is 54.2 Å². The second-order valence-corrected chi connectivity index (χ2v) is 7.67. The number of sulfone groups is 1. The topological polar surface area (TPSA) is 83.6 Å². The summed E-state index contributed by atoms with van der Waals surface area (Å²) in [7, 11) is -3.20. The third-order valence-corrected chi connectivity index (χ3v) is 5.49. The van der Waals surface area contributed by atoms with Gasteiger partial charge in [-0.15, -0.1) is 0 Å². The molecule has 3 rings (SSSR count). The maximum Gasteiger partial charge on any atom is 0.154 e. The molecule has 1 fully saturated rings. The summed E-state index contributed by atoms with van der Waals surface area (Å²) < 4.78 is 28.9. The standard InChI is InChI=1S/C15H18N2O4S/c18-15-11-22(19,20)10-14(15)17(9-13-5-3-7-21-13)8-12-4-1-2-6-16-12/h1-7,14-15,18H,8-11H2/t14-,15-/m1/s1. The highest BCUT2D eigenvalue weighted by atomic mass is 32.2. The van der Waals surface area contributed by atoms with Crippen molar-refractivity contribution in [1.29, 1.82) is 0 Å². The third kappa shape index (κ3) is 3.55. The predicted octanol–water partition coefficient (Wildman–Crippen LogP) is 0.835. The summed E-state index contributed by atoms with van der Waals surface area (Å²) in [4.78, 5) is 6.19. The number of aromatic nitrogens is 1. The summed E-state index contributed by atoms with van der Waals surface area (Å²) >= 11 is 0. The monoisotopic (exact) mass is 322 g/mol. The number of nitrogens with zero attached hydrogens (tertiary/aromatic N) is 2. The summed E-state index contributed by atoms with van der Waals surface area (Å²) in [6.45, 7) is 0.888. The van der Waals surface area contributed by atoms with Gasteiger partial charge in [-0.05, 0) is 24.3 Å². The molecule has 7 heteroatoms. The number of aliphatic hydroxyl groups is 1. The highest BCUT2D eigenvalue weighted by Gasteiger charge is 2.40. The predicted molar refractivity (Wildman–Crippen MR) is 80.6 cm³/mol. The molecule has 2 aromatic rings. The van der Waals surface area contributed by atoms with Crippen LogP contribution in [-0.2, 0) is 22.9 Å². The van der Waals surface area contributed by atoms with Crippen molar-refractivity contribution in [3.63, 3.8) is 0 Å². The molecular weight excluding hydrogens is 304 g/mol. The second kappa shape index (κ2) is 6.20. The Morgan fingerprint density at radius 3 is 2.68 bits per heavy atom. The van der Waals surface area contributed by atoms with Gasteiger partial charge >= 0.3 is 0 Å². The molecule has 2 atom stereocenters. The van der Waals surface area contributed by atoms with E-state index in [-0.39, 0.29) is 11.5 Å². The largest absolute Gasteiger partial charge is 0.468 e. The number of hydrogen-bond acceptors (Lipinski definition) is 6. The Morgan fingerprint density at radius 1 is 1.23 bits per heavy atom. The molecule has 0 spiro atoms. The molecule has 22 heavy (non-hydrogen) atoms. The highest BCUT2D eigenvalue weighted by Crippen LogP contribution is 2.22. The van der Waals surface area contributed by atoms with E-state index in [1.54, 1.807) is 18.5 Å². The van der Waals surface area contributed by atoms with Crippen molar-refractivity contribution in [2.24, 2.45) is 0 Å². The number of pyridine rings is 1. The van der Waals surface area contributed by atoms with Gasteiger partial charge in [0.1, 0.15) is 5.76 Å². The smallest absolute Gasteiger partial charge is 0.154 e. The van der Waals surface area contributed by atoms with Gasteiger partial charge in [-0.1, -0.05) is 6.07 Å². The lowest BCUT2D eigenvalue weighted by atomic mass is 10.1. The Morgan fingerprint density at radius 2 is 2.09 bits per heavy atom. The van der Waals surface area contributed by atoms with Crippen LogP contribution in [0.5, 0.6) is 0 Å². The zero-order chi connectivity index (χ0) is 15.6. The van der Waals surface area contributed by atoms with Crippen molar-refractivity contribution >= 4 is 9.84 Å². The van der Waals surface area contributed by atoms with E-state index in [9.17, 15) is 13.5 Å². The molecule has 0 amide bonds. The maximum atomic E-state index is 11.8. The fourth-order valence-corrected chi connectivity index (χ4v) is 4.58. The minimum atomic E-state index is -3.20. The van der Waals surface area contributed by atoms with Crippen LogP contribution in [0.1, 0.15) is 11.5 Å². The van der Waals surface area contributed by atoms with Gasteiger partial charge in [-0.3, -0.25) is 9.88 Å². The van der Waals surface area contributed by atoms with E-state index in [0.717, 1.165) is 11.5 Å². The SMILES string of the molecule is O=S1(=O)C[C@@H](O)[C@H](N(Cc2ccccn2)Cc2ccco2)C1. The minimum Gasteiger partial charge on any atom is -0.468 e. The molecule has 1 saturated heterocycles. The molecule has 0 bridgehead atoms. The lowest BCUT2D eigenvalue weighted by molar-refractivity contribution is 0.0678. The first-order chi connectivity index (χ1) is 10.5. The first kappa shape index (κ1) is 15.2. The Hall–Kier alpha value is -1.70. The van der Waals surface area contributed by atoms with Crippen molar-refractivity contribution in [2.75, 3.05) is 11.5 Å². The lowest BCUT2D eigenvalue weighted by Crippen LogP contribution is -2.42. The minimum absolute atomic E-state index is 0.0400. The van der Waals surface area contributed by atoms with Gasteiger partial charge in [0.05, 0.1) is 42.2 Å². The molecule has 0 saturated carbocycles. The van der Waals surface area contributed by atoms with Gasteiger partial charge in [0, 0.05) is 12.7 Å². The van der Waals surface area contributed by atoms with Gasteiger partial charge < -0.3 is 9.52 Å². The maximum absolute atomic E-state index is 11.8. The summed E-state index contributed by atoms with van der Waals surface area (Å²) in [5.74, 6) is 0.503. The van der Waals surface area contributed by atoms with E-state index in [4.69, 9.17) is 4.42 Å². The zero-order valence-corrected chi connectivity index (χ0v) is 12.8. The molecule has 2 aromatic heterocycles. The molecule has 6 nitrogen and oxygen atoms in total. The van der Waals surface area contributed by atoms with Gasteiger partial charge in [-0.2, -0.15) is 0 Å². The Bertz CT molecular complexity index is 700. The normalized spacial score (nSPS) is 23.9. The lowest BCUT2D eigenvalue weighted by Gasteiger charge is -2.29. The number of aliphatic hydroxyl groups excluding tert-OH is 1. The van der Waals surface area contributed by atoms with Crippen LogP contribution >= 0.6 is 0 Å². The van der Waals surface area contributed by atoms with Crippen LogP contribution in [0, 0.1) is 0 Å². The van der Waals surface area contributed by atoms with Crippen LogP contribution in [0.3, 0.4) is 0 Å². The van der Waals surface area contributed by atoms with Crippen molar-refractivity contribution in [3.8, 4) is 0 Å². The van der Waals surface area contributed by atoms with E-state index in [1.165, 1.54) is 0 Å². The van der Waals surface area contributed by atoms with Crippen LogP contribution in [0.25, 0.3) is 0 Å². The van der Waals surface area contributed by atoms with Crippen LogP contribution in [0.4, 0.5) is 0 Å². The number of furan rings is 1. The molecular formula is C15H18N2O4S. The molecule has 0 aliphatic carbocycles. The number of rotatable bonds is 5. The van der Waals surface area contributed by atoms with Crippen molar-refractivity contribution < 1.29 is 17.9 Å². The van der Waals surface area contributed by atoms with Gasteiger partial charge in [-0.25, -0.2) is 8.42 Å².